The lowest BCUT2D eigenvalue weighted by Crippen LogP contribution is -2.18. The highest BCUT2D eigenvalue weighted by Crippen LogP contribution is 2.28. The Morgan fingerprint density at radius 2 is 1.96 bits per heavy atom. The number of hydrazine groups is 1. The van der Waals surface area contributed by atoms with Gasteiger partial charge in [0.1, 0.15) is 18.2 Å². The number of nitrogens with two attached hydrogens (primary N) is 1. The minimum atomic E-state index is -0.316. The number of amides is 1. The van der Waals surface area contributed by atoms with Crippen molar-refractivity contribution in [1.82, 2.24) is 5.43 Å². The summed E-state index contributed by atoms with van der Waals surface area (Å²) in [5, 5.41) is 3.15. The minimum Gasteiger partial charge on any atom is -0.488 e. The van der Waals surface area contributed by atoms with Gasteiger partial charge in [-0.3, -0.25) is 10.2 Å². The third kappa shape index (κ3) is 5.50. The second-order valence-electron chi connectivity index (χ2n) is 4.96. The molecule has 2 rings (SSSR count). The molecule has 7 heteroatoms. The van der Waals surface area contributed by atoms with E-state index in [4.69, 9.17) is 9.53 Å². The van der Waals surface area contributed by atoms with Crippen LogP contribution in [0.5, 0.6) is 5.75 Å². The van der Waals surface area contributed by atoms with Crippen LogP contribution in [-0.4, -0.2) is 13.5 Å². The van der Waals surface area contributed by atoms with Crippen molar-refractivity contribution >= 4 is 28.0 Å². The average Bonchev–Trinajstić information content (AvgIpc) is 2.57. The summed E-state index contributed by atoms with van der Waals surface area (Å²) in [7, 11) is 1.88. The van der Waals surface area contributed by atoms with Gasteiger partial charge in [0, 0.05) is 24.4 Å². The fourth-order valence-electron chi connectivity index (χ4n) is 2.06. The number of carbonyl (C=O) groups is 1. The second-order valence-corrected chi connectivity index (χ2v) is 5.81. The number of carbonyl (C=O) groups excluding carboxylic acids is 1. The van der Waals surface area contributed by atoms with E-state index in [2.05, 4.69) is 27.1 Å². The summed E-state index contributed by atoms with van der Waals surface area (Å²) in [5.74, 6) is 4.66. The highest BCUT2D eigenvalue weighted by Gasteiger charge is 2.09. The zero-order valence-electron chi connectivity index (χ0n) is 13.8. The number of ether oxygens (including phenoxy) is 1. The SMILES string of the molecule is CNc1cccc(C)c1COc1cc(F)c(Br)cc1C.NNC=O. The Kier molecular flexibility index (Phi) is 8.21. The molecule has 0 aliphatic carbocycles. The summed E-state index contributed by atoms with van der Waals surface area (Å²) in [5.41, 5.74) is 5.91. The highest BCUT2D eigenvalue weighted by molar-refractivity contribution is 9.10. The molecule has 0 spiro atoms. The van der Waals surface area contributed by atoms with Crippen LogP contribution in [0, 0.1) is 19.7 Å². The van der Waals surface area contributed by atoms with Crippen LogP contribution >= 0.6 is 15.9 Å². The molecule has 0 atom stereocenters. The maximum absolute atomic E-state index is 13.6. The van der Waals surface area contributed by atoms with Gasteiger partial charge in [-0.15, -0.1) is 0 Å². The predicted octanol–water partition coefficient (Wildman–Crippen LogP) is 3.43. The Morgan fingerprint density at radius 1 is 1.29 bits per heavy atom. The predicted molar refractivity (Wildman–Crippen MR) is 97.3 cm³/mol. The number of hydrogen-bond donors (Lipinski definition) is 3. The monoisotopic (exact) mass is 397 g/mol. The smallest absolute Gasteiger partial charge is 0.221 e. The maximum Gasteiger partial charge on any atom is 0.221 e. The summed E-state index contributed by atoms with van der Waals surface area (Å²) in [6, 6.07) is 9.17. The van der Waals surface area contributed by atoms with E-state index in [1.165, 1.54) is 6.07 Å². The third-order valence-corrected chi connectivity index (χ3v) is 3.95. The van der Waals surface area contributed by atoms with E-state index in [-0.39, 0.29) is 5.82 Å². The Labute approximate surface area is 149 Å². The third-order valence-electron chi connectivity index (χ3n) is 3.34. The summed E-state index contributed by atoms with van der Waals surface area (Å²) in [6.45, 7) is 4.34. The molecule has 130 valence electrons. The number of aryl methyl sites for hydroxylation is 2. The zero-order chi connectivity index (χ0) is 18.1. The van der Waals surface area contributed by atoms with E-state index < -0.39 is 0 Å². The molecule has 0 fully saturated rings. The lowest BCUT2D eigenvalue weighted by Gasteiger charge is -2.15. The highest BCUT2D eigenvalue weighted by atomic mass is 79.9. The molecule has 0 unspecified atom stereocenters. The van der Waals surface area contributed by atoms with Crippen LogP contribution in [0.15, 0.2) is 34.8 Å². The van der Waals surface area contributed by atoms with Gasteiger partial charge < -0.3 is 10.1 Å². The van der Waals surface area contributed by atoms with Crippen molar-refractivity contribution in [3.63, 3.8) is 0 Å². The van der Waals surface area contributed by atoms with Gasteiger partial charge in [0.2, 0.25) is 6.41 Å². The van der Waals surface area contributed by atoms with Crippen LogP contribution in [0.25, 0.3) is 0 Å². The molecular weight excluding hydrogens is 377 g/mol. The number of hydrogen-bond acceptors (Lipinski definition) is 4. The van der Waals surface area contributed by atoms with E-state index in [9.17, 15) is 4.39 Å². The number of nitrogens with one attached hydrogen (secondary N) is 2. The standard InChI is InChI=1S/C16H17BrFNO.CH4N2O/c1-10-5-4-6-15(19-3)12(10)9-20-16-8-14(18)13(17)7-11(16)2;2-3-1-4/h4-8,19H,9H2,1-3H3;1H,2H2,(H,3,4). The first-order chi connectivity index (χ1) is 11.4. The van der Waals surface area contributed by atoms with Crippen molar-refractivity contribution in [3.05, 3.63) is 57.3 Å². The molecule has 0 bridgehead atoms. The number of benzene rings is 2. The van der Waals surface area contributed by atoms with Crippen molar-refractivity contribution < 1.29 is 13.9 Å². The van der Waals surface area contributed by atoms with Crippen molar-refractivity contribution in [2.75, 3.05) is 12.4 Å². The number of anilines is 1. The largest absolute Gasteiger partial charge is 0.488 e. The van der Waals surface area contributed by atoms with Crippen molar-refractivity contribution in [1.29, 1.82) is 0 Å². The van der Waals surface area contributed by atoms with Gasteiger partial charge in [0.15, 0.2) is 0 Å². The molecule has 0 saturated carbocycles. The van der Waals surface area contributed by atoms with Gasteiger partial charge in [0.05, 0.1) is 4.47 Å². The number of rotatable bonds is 5. The van der Waals surface area contributed by atoms with Gasteiger partial charge in [-0.05, 0) is 53.0 Å². The number of halogens is 2. The fraction of sp³-hybridized carbons (Fsp3) is 0.235. The normalized spacial score (nSPS) is 9.58. The van der Waals surface area contributed by atoms with E-state index in [0.717, 1.165) is 22.4 Å². The summed E-state index contributed by atoms with van der Waals surface area (Å²) in [4.78, 5) is 8.94. The molecule has 0 saturated heterocycles. The van der Waals surface area contributed by atoms with Gasteiger partial charge in [-0.1, -0.05) is 12.1 Å². The molecule has 0 heterocycles. The van der Waals surface area contributed by atoms with Crippen LogP contribution in [0.4, 0.5) is 10.1 Å². The van der Waals surface area contributed by atoms with E-state index in [0.29, 0.717) is 23.2 Å². The Morgan fingerprint density at radius 3 is 2.54 bits per heavy atom. The Bertz CT molecular complexity index is 696. The van der Waals surface area contributed by atoms with E-state index in [1.54, 1.807) is 11.5 Å². The molecule has 24 heavy (non-hydrogen) atoms. The first-order valence-electron chi connectivity index (χ1n) is 7.19. The molecule has 1 amide bonds. The van der Waals surface area contributed by atoms with Crippen LogP contribution in [0.2, 0.25) is 0 Å². The van der Waals surface area contributed by atoms with Crippen molar-refractivity contribution in [2.24, 2.45) is 5.84 Å². The van der Waals surface area contributed by atoms with E-state index in [1.807, 2.05) is 39.1 Å². The molecule has 0 aliphatic heterocycles. The van der Waals surface area contributed by atoms with Crippen LogP contribution in [0.1, 0.15) is 16.7 Å². The molecular formula is C17H21BrFN3O2. The first kappa shape index (κ1) is 19.9. The van der Waals surface area contributed by atoms with E-state index >= 15 is 0 Å². The first-order valence-corrected chi connectivity index (χ1v) is 7.98. The van der Waals surface area contributed by atoms with Crippen molar-refractivity contribution in [2.45, 2.75) is 20.5 Å². The molecule has 4 N–H and O–H groups in total. The fourth-order valence-corrected chi connectivity index (χ4v) is 2.52. The molecule has 0 aliphatic rings. The molecule has 0 radical (unpaired) electrons. The molecule has 5 nitrogen and oxygen atoms in total. The Balaban J connectivity index is 0.000000648. The Hall–Kier alpha value is -2.12. The minimum absolute atomic E-state index is 0.316. The lowest BCUT2D eigenvalue weighted by atomic mass is 10.1. The van der Waals surface area contributed by atoms with Crippen molar-refractivity contribution in [3.8, 4) is 5.75 Å². The molecule has 0 aromatic heterocycles. The van der Waals surface area contributed by atoms with Crippen LogP contribution < -0.4 is 21.3 Å². The van der Waals surface area contributed by atoms with Gasteiger partial charge in [0.25, 0.3) is 0 Å². The second kappa shape index (κ2) is 9.89. The topological polar surface area (TPSA) is 76.4 Å². The summed E-state index contributed by atoms with van der Waals surface area (Å²) in [6.07, 6.45) is 0.403. The average molecular weight is 398 g/mol. The van der Waals surface area contributed by atoms with Crippen LogP contribution in [-0.2, 0) is 11.4 Å². The van der Waals surface area contributed by atoms with Crippen LogP contribution in [0.3, 0.4) is 0 Å². The molecule has 2 aromatic rings. The lowest BCUT2D eigenvalue weighted by molar-refractivity contribution is -0.109. The summed E-state index contributed by atoms with van der Waals surface area (Å²) < 4.78 is 19.8. The van der Waals surface area contributed by atoms with Gasteiger partial charge in [-0.2, -0.15) is 0 Å². The maximum atomic E-state index is 13.6. The summed E-state index contributed by atoms with van der Waals surface area (Å²) >= 11 is 3.17. The molecule has 2 aromatic carbocycles. The zero-order valence-corrected chi connectivity index (χ0v) is 15.4. The van der Waals surface area contributed by atoms with Gasteiger partial charge >= 0.3 is 0 Å². The quantitative estimate of drug-likeness (QED) is 0.312. The van der Waals surface area contributed by atoms with Gasteiger partial charge in [-0.25, -0.2) is 10.2 Å².